The van der Waals surface area contributed by atoms with Gasteiger partial charge >= 0.3 is 12.2 Å². The number of carbonyl (C=O) groups excluding carboxylic acids is 1. The van der Waals surface area contributed by atoms with Crippen molar-refractivity contribution in [3.05, 3.63) is 59.9 Å². The molecular weight excluding hydrogens is 438 g/mol. The smallest absolute Gasteiger partial charge is 0.336 e. The summed E-state index contributed by atoms with van der Waals surface area (Å²) < 4.78 is 80.3. The third-order valence-corrected chi connectivity index (χ3v) is 6.92. The van der Waals surface area contributed by atoms with E-state index in [-0.39, 0.29) is 13.1 Å². The van der Waals surface area contributed by atoms with Crippen molar-refractivity contribution in [3.63, 3.8) is 0 Å². The van der Waals surface area contributed by atoms with Crippen LogP contribution in [0.1, 0.15) is 24.8 Å². The summed E-state index contributed by atoms with van der Waals surface area (Å²) in [6.45, 7) is -0.0524. The van der Waals surface area contributed by atoms with E-state index in [1.165, 1.54) is 0 Å². The fraction of sp³-hybridized carbons (Fsp3) is 0.350. The van der Waals surface area contributed by atoms with Gasteiger partial charge in [0.15, 0.2) is 0 Å². The van der Waals surface area contributed by atoms with Crippen LogP contribution in [0, 0.1) is 5.82 Å². The van der Waals surface area contributed by atoms with Gasteiger partial charge in [-0.05, 0) is 43.2 Å². The second-order valence-electron chi connectivity index (χ2n) is 7.11. The molecule has 1 aliphatic rings. The molecule has 0 radical (unpaired) electrons. The van der Waals surface area contributed by atoms with Crippen LogP contribution in [0.3, 0.4) is 0 Å². The van der Waals surface area contributed by atoms with Gasteiger partial charge in [-0.25, -0.2) is 17.6 Å². The highest BCUT2D eigenvalue weighted by atomic mass is 32.2. The van der Waals surface area contributed by atoms with Crippen molar-refractivity contribution in [2.45, 2.75) is 36.4 Å². The number of hydrogen-bond donors (Lipinski definition) is 2. The summed E-state index contributed by atoms with van der Waals surface area (Å²) in [4.78, 5) is 11.1. The summed E-state index contributed by atoms with van der Waals surface area (Å²) in [5.74, 6) is -1.26. The number of hydrogen-bond acceptors (Lipinski definition) is 3. The number of urea groups is 1. The number of anilines is 1. The number of alkyl halides is 3. The molecule has 31 heavy (non-hydrogen) atoms. The first-order valence-electron chi connectivity index (χ1n) is 9.57. The molecule has 1 atom stereocenters. The Hall–Kier alpha value is -2.66. The van der Waals surface area contributed by atoms with Crippen LogP contribution >= 0.6 is 0 Å². The number of sulfonamides is 1. The summed E-state index contributed by atoms with van der Waals surface area (Å²) in [6, 6.07) is 8.63. The van der Waals surface area contributed by atoms with Crippen molar-refractivity contribution in [2.24, 2.45) is 0 Å². The molecule has 1 aliphatic heterocycles. The van der Waals surface area contributed by atoms with Crippen LogP contribution in [-0.2, 0) is 16.2 Å². The summed E-state index contributed by atoms with van der Waals surface area (Å²) in [6.07, 6.45) is -3.28. The van der Waals surface area contributed by atoms with E-state index >= 15 is 0 Å². The second kappa shape index (κ2) is 9.23. The van der Waals surface area contributed by atoms with Gasteiger partial charge in [0.05, 0.1) is 5.56 Å². The van der Waals surface area contributed by atoms with Crippen molar-refractivity contribution < 1.29 is 30.8 Å². The Morgan fingerprint density at radius 3 is 2.48 bits per heavy atom. The average Bonchev–Trinajstić information content (AvgIpc) is 2.72. The Balaban J connectivity index is 1.77. The number of carbonyl (C=O) groups is 1. The van der Waals surface area contributed by atoms with Gasteiger partial charge in [-0.1, -0.05) is 24.6 Å². The molecule has 11 heteroatoms. The molecule has 2 aromatic rings. The molecule has 2 N–H and O–H groups in total. The van der Waals surface area contributed by atoms with Crippen LogP contribution in [-0.4, -0.2) is 37.9 Å². The molecule has 1 saturated heterocycles. The van der Waals surface area contributed by atoms with Crippen molar-refractivity contribution in [1.29, 1.82) is 0 Å². The zero-order chi connectivity index (χ0) is 22.6. The normalized spacial score (nSPS) is 17.9. The molecule has 3 rings (SSSR count). The van der Waals surface area contributed by atoms with E-state index in [1.54, 1.807) is 30.3 Å². The standard InChI is InChI=1S/C20H21F4N3O3S/c21-17-10-9-14(20(22,23)24)12-18(17)31(29,30)27-11-5-4-8-16(27)13-25-19(28)26-15-6-2-1-3-7-15/h1-3,6-7,9-10,12,16H,4-5,8,11,13H2,(H2,25,26,28). The Kier molecular flexibility index (Phi) is 6.85. The zero-order valence-electron chi connectivity index (χ0n) is 16.3. The molecular formula is C20H21F4N3O3S. The Bertz CT molecular complexity index is 1030. The summed E-state index contributed by atoms with van der Waals surface area (Å²) in [5, 5.41) is 5.17. The van der Waals surface area contributed by atoms with Crippen molar-refractivity contribution in [3.8, 4) is 0 Å². The lowest BCUT2D eigenvalue weighted by atomic mass is 10.1. The van der Waals surface area contributed by atoms with E-state index in [9.17, 15) is 30.8 Å². The number of nitrogens with one attached hydrogen (secondary N) is 2. The van der Waals surface area contributed by atoms with E-state index in [4.69, 9.17) is 0 Å². The maximum absolute atomic E-state index is 14.2. The number of nitrogens with zero attached hydrogens (tertiary/aromatic N) is 1. The van der Waals surface area contributed by atoms with E-state index in [2.05, 4.69) is 10.6 Å². The number of para-hydroxylation sites is 1. The highest BCUT2D eigenvalue weighted by Crippen LogP contribution is 2.33. The van der Waals surface area contributed by atoms with Crippen LogP contribution in [0.2, 0.25) is 0 Å². The third-order valence-electron chi connectivity index (χ3n) is 4.95. The van der Waals surface area contributed by atoms with E-state index in [1.807, 2.05) is 0 Å². The van der Waals surface area contributed by atoms with Gasteiger partial charge in [0.2, 0.25) is 10.0 Å². The first-order valence-corrected chi connectivity index (χ1v) is 11.0. The molecule has 0 saturated carbocycles. The first-order chi connectivity index (χ1) is 14.6. The molecule has 168 valence electrons. The monoisotopic (exact) mass is 459 g/mol. The zero-order valence-corrected chi connectivity index (χ0v) is 17.1. The second-order valence-corrected chi connectivity index (χ2v) is 8.97. The third kappa shape index (κ3) is 5.53. The Morgan fingerprint density at radius 1 is 1.10 bits per heavy atom. The summed E-state index contributed by atoms with van der Waals surface area (Å²) in [5.41, 5.74) is -0.708. The van der Waals surface area contributed by atoms with Gasteiger partial charge in [-0.3, -0.25) is 0 Å². The molecule has 6 nitrogen and oxygen atoms in total. The summed E-state index contributed by atoms with van der Waals surface area (Å²) >= 11 is 0. The minimum Gasteiger partial charge on any atom is -0.336 e. The van der Waals surface area contributed by atoms with Gasteiger partial charge in [-0.2, -0.15) is 17.5 Å². The topological polar surface area (TPSA) is 78.5 Å². The van der Waals surface area contributed by atoms with Gasteiger partial charge in [0, 0.05) is 24.8 Å². The van der Waals surface area contributed by atoms with E-state index in [0.717, 1.165) is 4.31 Å². The maximum Gasteiger partial charge on any atom is 0.416 e. The molecule has 1 heterocycles. The van der Waals surface area contributed by atoms with Gasteiger partial charge in [-0.15, -0.1) is 0 Å². The molecule has 1 unspecified atom stereocenters. The van der Waals surface area contributed by atoms with Crippen molar-refractivity contribution >= 4 is 21.7 Å². The average molecular weight is 459 g/mol. The Labute approximate surface area is 177 Å². The number of rotatable bonds is 5. The molecule has 0 aliphatic carbocycles. The molecule has 0 spiro atoms. The highest BCUT2D eigenvalue weighted by molar-refractivity contribution is 7.89. The fourth-order valence-corrected chi connectivity index (χ4v) is 5.19. The maximum atomic E-state index is 14.2. The summed E-state index contributed by atoms with van der Waals surface area (Å²) in [7, 11) is -4.54. The number of halogens is 4. The van der Waals surface area contributed by atoms with Gasteiger partial charge < -0.3 is 10.6 Å². The Morgan fingerprint density at radius 2 is 1.81 bits per heavy atom. The van der Waals surface area contributed by atoms with Crippen molar-refractivity contribution in [1.82, 2.24) is 9.62 Å². The van der Waals surface area contributed by atoms with Crippen LogP contribution in [0.4, 0.5) is 28.0 Å². The number of piperidine rings is 1. The first kappa shape index (κ1) is 23.0. The quantitative estimate of drug-likeness (QED) is 0.658. The van der Waals surface area contributed by atoms with Crippen LogP contribution in [0.15, 0.2) is 53.4 Å². The van der Waals surface area contributed by atoms with Crippen LogP contribution < -0.4 is 10.6 Å². The molecule has 0 aromatic heterocycles. The van der Waals surface area contributed by atoms with E-state index < -0.39 is 44.5 Å². The fourth-order valence-electron chi connectivity index (χ4n) is 3.41. The van der Waals surface area contributed by atoms with Crippen LogP contribution in [0.5, 0.6) is 0 Å². The molecule has 2 amide bonds. The van der Waals surface area contributed by atoms with Crippen molar-refractivity contribution in [2.75, 3.05) is 18.4 Å². The predicted molar refractivity (Wildman–Crippen MR) is 106 cm³/mol. The minimum atomic E-state index is -4.81. The van der Waals surface area contributed by atoms with Crippen LogP contribution in [0.25, 0.3) is 0 Å². The lowest BCUT2D eigenvalue weighted by Gasteiger charge is -2.35. The number of benzene rings is 2. The molecule has 1 fully saturated rings. The predicted octanol–water partition coefficient (Wildman–Crippen LogP) is 4.21. The largest absolute Gasteiger partial charge is 0.416 e. The molecule has 0 bridgehead atoms. The van der Waals surface area contributed by atoms with Gasteiger partial charge in [0.1, 0.15) is 10.7 Å². The SMILES string of the molecule is O=C(NCC1CCCCN1S(=O)(=O)c1cc(C(F)(F)F)ccc1F)Nc1ccccc1. The van der Waals surface area contributed by atoms with Gasteiger partial charge in [0.25, 0.3) is 0 Å². The lowest BCUT2D eigenvalue weighted by molar-refractivity contribution is -0.137. The lowest BCUT2D eigenvalue weighted by Crippen LogP contribution is -2.50. The van der Waals surface area contributed by atoms with E-state index in [0.29, 0.717) is 43.1 Å². The number of amides is 2. The highest BCUT2D eigenvalue weighted by Gasteiger charge is 2.38. The molecule has 2 aromatic carbocycles. The minimum absolute atomic E-state index is 0.0185.